The van der Waals surface area contributed by atoms with E-state index in [1.165, 1.54) is 11.8 Å². The molecular weight excluding hydrogens is 517 g/mol. The van der Waals surface area contributed by atoms with Gasteiger partial charge in [-0.05, 0) is 22.0 Å². The SMILES string of the molecule is CN=C(NCc1cn(CC(=O)OC)nn1)N(C)Cc1cc(Br)cn1C.I. The van der Waals surface area contributed by atoms with Crippen LogP contribution in [0.3, 0.4) is 0 Å². The van der Waals surface area contributed by atoms with Crippen molar-refractivity contribution in [3.8, 4) is 0 Å². The van der Waals surface area contributed by atoms with Gasteiger partial charge in [-0.1, -0.05) is 5.21 Å². The van der Waals surface area contributed by atoms with E-state index in [1.54, 1.807) is 13.2 Å². The molecule has 1 N–H and O–H groups in total. The van der Waals surface area contributed by atoms with Gasteiger partial charge in [0.2, 0.25) is 0 Å². The molecule has 2 aromatic rings. The van der Waals surface area contributed by atoms with Crippen molar-refractivity contribution in [3.05, 3.63) is 34.3 Å². The van der Waals surface area contributed by atoms with Crippen LogP contribution in [-0.2, 0) is 36.2 Å². The molecular formula is C15H23BrIN7O2. The third-order valence-corrected chi connectivity index (χ3v) is 4.01. The number of aromatic nitrogens is 4. The molecule has 0 amide bonds. The van der Waals surface area contributed by atoms with Crippen LogP contribution in [0.4, 0.5) is 0 Å². The molecule has 11 heteroatoms. The third kappa shape index (κ3) is 6.27. The molecule has 144 valence electrons. The summed E-state index contributed by atoms with van der Waals surface area (Å²) in [5.41, 5.74) is 1.86. The van der Waals surface area contributed by atoms with Crippen LogP contribution in [-0.4, -0.2) is 57.6 Å². The minimum atomic E-state index is -0.367. The largest absolute Gasteiger partial charge is 0.468 e. The first-order valence-corrected chi connectivity index (χ1v) is 8.40. The second-order valence-electron chi connectivity index (χ2n) is 5.50. The first-order chi connectivity index (χ1) is 11.9. The summed E-state index contributed by atoms with van der Waals surface area (Å²) >= 11 is 3.48. The lowest BCUT2D eigenvalue weighted by Crippen LogP contribution is -2.38. The Labute approximate surface area is 177 Å². The van der Waals surface area contributed by atoms with Gasteiger partial charge in [-0.25, -0.2) is 4.68 Å². The summed E-state index contributed by atoms with van der Waals surface area (Å²) in [6.45, 7) is 1.20. The molecule has 0 spiro atoms. The van der Waals surface area contributed by atoms with Crippen LogP contribution in [0.25, 0.3) is 0 Å². The molecule has 0 aromatic carbocycles. The maximum Gasteiger partial charge on any atom is 0.327 e. The number of guanidine groups is 1. The van der Waals surface area contributed by atoms with E-state index in [1.807, 2.05) is 25.2 Å². The number of ether oxygens (including phenoxy) is 1. The standard InChI is InChI=1S/C15H22BrN7O2.HI/c1-17-15(22(3)9-13-5-11(16)7-21(13)2)18-6-12-8-23(20-19-12)10-14(24)25-4;/h5,7-8H,6,9-10H2,1-4H3,(H,17,18);1H. The van der Waals surface area contributed by atoms with Crippen LogP contribution in [0.1, 0.15) is 11.4 Å². The topological polar surface area (TPSA) is 89.6 Å². The Kier molecular flexibility index (Phi) is 9.05. The molecule has 0 aliphatic heterocycles. The molecule has 26 heavy (non-hydrogen) atoms. The molecule has 0 saturated heterocycles. The van der Waals surface area contributed by atoms with E-state index in [4.69, 9.17) is 0 Å². The van der Waals surface area contributed by atoms with Gasteiger partial charge < -0.3 is 19.5 Å². The molecule has 0 saturated carbocycles. The number of carbonyl (C=O) groups excluding carboxylic acids is 1. The highest BCUT2D eigenvalue weighted by Gasteiger charge is 2.11. The van der Waals surface area contributed by atoms with Crippen LogP contribution in [0.5, 0.6) is 0 Å². The number of halogens is 2. The van der Waals surface area contributed by atoms with Gasteiger partial charge in [0.15, 0.2) is 5.96 Å². The van der Waals surface area contributed by atoms with Gasteiger partial charge in [-0.3, -0.25) is 9.79 Å². The van der Waals surface area contributed by atoms with Crippen LogP contribution in [0.15, 0.2) is 27.9 Å². The van der Waals surface area contributed by atoms with Crippen LogP contribution in [0, 0.1) is 0 Å². The Balaban J connectivity index is 0.00000338. The summed E-state index contributed by atoms with van der Waals surface area (Å²) in [5, 5.41) is 11.2. The minimum absolute atomic E-state index is 0. The number of carbonyl (C=O) groups is 1. The number of aliphatic imine (C=N–C) groups is 1. The maximum absolute atomic E-state index is 11.2. The lowest BCUT2D eigenvalue weighted by Gasteiger charge is -2.22. The zero-order chi connectivity index (χ0) is 18.4. The Bertz CT molecular complexity index is 759. The van der Waals surface area contributed by atoms with E-state index in [2.05, 4.69) is 51.9 Å². The van der Waals surface area contributed by atoms with Gasteiger partial charge in [0.1, 0.15) is 12.2 Å². The fourth-order valence-corrected chi connectivity index (χ4v) is 2.86. The van der Waals surface area contributed by atoms with Crippen molar-refractivity contribution in [2.75, 3.05) is 21.2 Å². The summed E-state index contributed by atoms with van der Waals surface area (Å²) < 4.78 is 9.15. The van der Waals surface area contributed by atoms with E-state index in [0.29, 0.717) is 18.8 Å². The van der Waals surface area contributed by atoms with Crippen LogP contribution >= 0.6 is 39.9 Å². The molecule has 0 bridgehead atoms. The second-order valence-corrected chi connectivity index (χ2v) is 6.42. The summed E-state index contributed by atoms with van der Waals surface area (Å²) in [6, 6.07) is 2.07. The molecule has 2 aromatic heterocycles. The first-order valence-electron chi connectivity index (χ1n) is 7.61. The number of hydrogen-bond acceptors (Lipinski definition) is 5. The highest BCUT2D eigenvalue weighted by molar-refractivity contribution is 14.0. The smallest absolute Gasteiger partial charge is 0.327 e. The fraction of sp³-hybridized carbons (Fsp3) is 0.467. The molecule has 0 atom stereocenters. The predicted molar refractivity (Wildman–Crippen MR) is 112 cm³/mol. The van der Waals surface area contributed by atoms with Crippen LogP contribution in [0.2, 0.25) is 0 Å². The lowest BCUT2D eigenvalue weighted by molar-refractivity contribution is -0.141. The quantitative estimate of drug-likeness (QED) is 0.258. The fourth-order valence-electron chi connectivity index (χ4n) is 2.29. The molecule has 0 fully saturated rings. The molecule has 9 nitrogen and oxygen atoms in total. The van der Waals surface area contributed by atoms with Crippen LogP contribution < -0.4 is 5.32 Å². The third-order valence-electron chi connectivity index (χ3n) is 3.58. The summed E-state index contributed by atoms with van der Waals surface area (Å²) in [6.07, 6.45) is 3.71. The van der Waals surface area contributed by atoms with Crippen molar-refractivity contribution in [2.24, 2.45) is 12.0 Å². The maximum atomic E-state index is 11.2. The number of aryl methyl sites for hydroxylation is 1. The zero-order valence-electron chi connectivity index (χ0n) is 15.1. The highest BCUT2D eigenvalue weighted by Crippen LogP contribution is 2.14. The number of nitrogens with zero attached hydrogens (tertiary/aromatic N) is 6. The first kappa shape index (κ1) is 22.4. The Morgan fingerprint density at radius 3 is 2.77 bits per heavy atom. The molecule has 0 radical (unpaired) electrons. The molecule has 0 aliphatic carbocycles. The van der Waals surface area contributed by atoms with E-state index >= 15 is 0 Å². The van der Waals surface area contributed by atoms with Crippen molar-refractivity contribution >= 4 is 51.8 Å². The van der Waals surface area contributed by atoms with Gasteiger partial charge in [-0.2, -0.15) is 0 Å². The monoisotopic (exact) mass is 539 g/mol. The molecule has 2 heterocycles. The normalized spacial score (nSPS) is 11.0. The summed E-state index contributed by atoms with van der Waals surface area (Å²) in [5.74, 6) is 0.369. The minimum Gasteiger partial charge on any atom is -0.468 e. The number of nitrogens with one attached hydrogen (secondary N) is 1. The van der Waals surface area contributed by atoms with Gasteiger partial charge in [-0.15, -0.1) is 29.1 Å². The number of esters is 1. The average molecular weight is 540 g/mol. The Hall–Kier alpha value is -1.63. The van der Waals surface area contributed by atoms with Crippen molar-refractivity contribution in [1.29, 1.82) is 0 Å². The Morgan fingerprint density at radius 2 is 2.19 bits per heavy atom. The van der Waals surface area contributed by atoms with E-state index in [9.17, 15) is 4.79 Å². The lowest BCUT2D eigenvalue weighted by atomic mass is 10.4. The van der Waals surface area contributed by atoms with Gasteiger partial charge in [0.05, 0.1) is 26.4 Å². The summed E-state index contributed by atoms with van der Waals surface area (Å²) in [4.78, 5) is 17.5. The van der Waals surface area contributed by atoms with Crippen molar-refractivity contribution < 1.29 is 9.53 Å². The second kappa shape index (κ2) is 10.5. The van der Waals surface area contributed by atoms with E-state index < -0.39 is 0 Å². The van der Waals surface area contributed by atoms with E-state index in [0.717, 1.165) is 16.1 Å². The van der Waals surface area contributed by atoms with Crippen molar-refractivity contribution in [2.45, 2.75) is 19.6 Å². The zero-order valence-corrected chi connectivity index (χ0v) is 19.1. The molecule has 2 rings (SSSR count). The van der Waals surface area contributed by atoms with Crippen molar-refractivity contribution in [3.63, 3.8) is 0 Å². The van der Waals surface area contributed by atoms with Gasteiger partial charge >= 0.3 is 5.97 Å². The van der Waals surface area contributed by atoms with Gasteiger partial charge in [0.25, 0.3) is 0 Å². The van der Waals surface area contributed by atoms with Gasteiger partial charge in [0, 0.05) is 37.5 Å². The number of hydrogen-bond donors (Lipinski definition) is 1. The molecule has 0 unspecified atom stereocenters. The highest BCUT2D eigenvalue weighted by atomic mass is 127. The Morgan fingerprint density at radius 1 is 1.46 bits per heavy atom. The van der Waals surface area contributed by atoms with Crippen molar-refractivity contribution in [1.82, 2.24) is 29.8 Å². The average Bonchev–Trinajstić information content (AvgIpc) is 3.14. The predicted octanol–water partition coefficient (Wildman–Crippen LogP) is 1.38. The van der Waals surface area contributed by atoms with E-state index in [-0.39, 0.29) is 36.5 Å². The number of rotatable bonds is 6. The molecule has 0 aliphatic rings. The summed E-state index contributed by atoms with van der Waals surface area (Å²) in [7, 11) is 7.04. The number of methoxy groups -OCH3 is 1.